The predicted molar refractivity (Wildman–Crippen MR) is 67.3 cm³/mol. The molecule has 0 amide bonds. The van der Waals surface area contributed by atoms with Gasteiger partial charge in [0.05, 0.1) is 0 Å². The van der Waals surface area contributed by atoms with Gasteiger partial charge in [0, 0.05) is 9.99 Å². The zero-order valence-corrected chi connectivity index (χ0v) is 10.3. The van der Waals surface area contributed by atoms with Gasteiger partial charge in [0.15, 0.2) is 0 Å². The highest BCUT2D eigenvalue weighted by atomic mass is 127. The number of ether oxygens (including phenoxy) is 1. The first kappa shape index (κ1) is 10.7. The van der Waals surface area contributed by atoms with Gasteiger partial charge in [0.1, 0.15) is 6.10 Å². The molecule has 1 aromatic carbocycles. The molecule has 0 aromatic heterocycles. The number of rotatable bonds is 2. The predicted octanol–water partition coefficient (Wildman–Crippen LogP) is 3.01. The van der Waals surface area contributed by atoms with E-state index < -0.39 is 0 Å². The zero-order chi connectivity index (χ0) is 10.7. The summed E-state index contributed by atoms with van der Waals surface area (Å²) in [6.45, 7) is 0. The molecule has 1 aromatic rings. The Morgan fingerprint density at radius 3 is 3.00 bits per heavy atom. The third-order valence-electron chi connectivity index (χ3n) is 2.27. The summed E-state index contributed by atoms with van der Waals surface area (Å²) in [4.78, 5) is 10.9. The molecule has 0 spiro atoms. The third kappa shape index (κ3) is 3.06. The van der Waals surface area contributed by atoms with Crippen LogP contribution in [0.3, 0.4) is 0 Å². The lowest BCUT2D eigenvalue weighted by atomic mass is 10.1. The summed E-state index contributed by atoms with van der Waals surface area (Å²) in [5.74, 6) is -0.0905. The number of esters is 1. The molecule has 0 N–H and O–H groups in total. The van der Waals surface area contributed by atoms with Crippen molar-refractivity contribution in [1.29, 1.82) is 0 Å². The Bertz CT molecular complexity index is 398. The number of carbonyl (C=O) groups is 1. The van der Waals surface area contributed by atoms with E-state index >= 15 is 0 Å². The molecule has 0 radical (unpaired) electrons. The van der Waals surface area contributed by atoms with Crippen LogP contribution in [0.25, 0.3) is 6.08 Å². The van der Waals surface area contributed by atoms with E-state index in [-0.39, 0.29) is 12.1 Å². The molecule has 0 saturated carbocycles. The van der Waals surface area contributed by atoms with Crippen molar-refractivity contribution in [2.24, 2.45) is 0 Å². The van der Waals surface area contributed by atoms with Crippen LogP contribution in [0.2, 0.25) is 0 Å². The minimum atomic E-state index is -0.0905. The van der Waals surface area contributed by atoms with E-state index in [0.29, 0.717) is 6.42 Å². The van der Waals surface area contributed by atoms with Gasteiger partial charge in [-0.1, -0.05) is 18.2 Å². The molecule has 78 valence electrons. The molecule has 0 aliphatic carbocycles. The quantitative estimate of drug-likeness (QED) is 0.620. The molecule has 1 saturated heterocycles. The summed E-state index contributed by atoms with van der Waals surface area (Å²) in [5, 5.41) is 0. The fraction of sp³-hybridized carbons (Fsp3) is 0.250. The lowest BCUT2D eigenvalue weighted by Gasteiger charge is -2.01. The van der Waals surface area contributed by atoms with Gasteiger partial charge >= 0.3 is 5.97 Å². The van der Waals surface area contributed by atoms with Crippen LogP contribution in [-0.4, -0.2) is 12.1 Å². The van der Waals surface area contributed by atoms with E-state index in [1.807, 2.05) is 30.4 Å². The Labute approximate surface area is 102 Å². The van der Waals surface area contributed by atoms with Crippen molar-refractivity contribution in [3.63, 3.8) is 0 Å². The summed E-state index contributed by atoms with van der Waals surface area (Å²) < 4.78 is 6.29. The fourth-order valence-electron chi connectivity index (χ4n) is 1.51. The zero-order valence-electron chi connectivity index (χ0n) is 8.15. The minimum Gasteiger partial charge on any atom is -0.458 e. The highest BCUT2D eigenvalue weighted by Gasteiger charge is 2.20. The van der Waals surface area contributed by atoms with Gasteiger partial charge in [-0.05, 0) is 52.8 Å². The number of halogens is 1. The highest BCUT2D eigenvalue weighted by molar-refractivity contribution is 14.1. The summed E-state index contributed by atoms with van der Waals surface area (Å²) >= 11 is 2.28. The second-order valence-corrected chi connectivity index (χ2v) is 4.73. The van der Waals surface area contributed by atoms with E-state index in [1.165, 1.54) is 3.57 Å². The van der Waals surface area contributed by atoms with Crippen molar-refractivity contribution in [3.05, 3.63) is 39.5 Å². The van der Waals surface area contributed by atoms with Crippen LogP contribution in [0.5, 0.6) is 0 Å². The molecule has 3 heteroatoms. The van der Waals surface area contributed by atoms with Crippen molar-refractivity contribution < 1.29 is 9.53 Å². The first-order valence-electron chi connectivity index (χ1n) is 4.87. The molecule has 1 fully saturated rings. The minimum absolute atomic E-state index is 0.0321. The molecule has 1 atom stereocenters. The smallest absolute Gasteiger partial charge is 0.306 e. The summed E-state index contributed by atoms with van der Waals surface area (Å²) in [6, 6.07) is 8.19. The van der Waals surface area contributed by atoms with Crippen molar-refractivity contribution >= 4 is 34.6 Å². The SMILES string of the molecule is O=C1CC[C@@H](/C=C\c2cccc(I)c2)O1. The average Bonchev–Trinajstić information content (AvgIpc) is 2.62. The van der Waals surface area contributed by atoms with Gasteiger partial charge in [-0.25, -0.2) is 0 Å². The van der Waals surface area contributed by atoms with Crippen LogP contribution >= 0.6 is 22.6 Å². The molecular formula is C12H11IO2. The number of benzene rings is 1. The number of cyclic esters (lactones) is 1. The number of carbonyl (C=O) groups excluding carboxylic acids is 1. The fourth-order valence-corrected chi connectivity index (χ4v) is 2.08. The second kappa shape index (κ2) is 4.79. The van der Waals surface area contributed by atoms with E-state index in [4.69, 9.17) is 4.74 Å². The average molecular weight is 314 g/mol. The second-order valence-electron chi connectivity index (χ2n) is 3.48. The van der Waals surface area contributed by atoms with E-state index in [0.717, 1.165) is 12.0 Å². The van der Waals surface area contributed by atoms with Crippen molar-refractivity contribution in [2.45, 2.75) is 18.9 Å². The van der Waals surface area contributed by atoms with Crippen molar-refractivity contribution in [3.8, 4) is 0 Å². The van der Waals surface area contributed by atoms with Crippen LogP contribution in [0.4, 0.5) is 0 Å². The maximum absolute atomic E-state index is 10.9. The summed E-state index contributed by atoms with van der Waals surface area (Å²) in [5.41, 5.74) is 1.14. The van der Waals surface area contributed by atoms with E-state index in [2.05, 4.69) is 28.7 Å². The standard InChI is InChI=1S/C12H11IO2/c13-10-3-1-2-9(8-10)4-5-11-6-7-12(14)15-11/h1-5,8,11H,6-7H2/b5-4-/t11-/m1/s1. The molecule has 0 bridgehead atoms. The van der Waals surface area contributed by atoms with Gasteiger partial charge in [-0.15, -0.1) is 0 Å². The van der Waals surface area contributed by atoms with Crippen LogP contribution in [0.1, 0.15) is 18.4 Å². The molecule has 2 nitrogen and oxygen atoms in total. The Morgan fingerprint density at radius 1 is 1.47 bits per heavy atom. The topological polar surface area (TPSA) is 26.3 Å². The largest absolute Gasteiger partial charge is 0.458 e. The van der Waals surface area contributed by atoms with Crippen LogP contribution in [0, 0.1) is 3.57 Å². The van der Waals surface area contributed by atoms with E-state index in [1.54, 1.807) is 0 Å². The van der Waals surface area contributed by atoms with Gasteiger partial charge in [-0.2, -0.15) is 0 Å². The first-order chi connectivity index (χ1) is 7.24. The lowest BCUT2D eigenvalue weighted by molar-refractivity contribution is -0.139. The van der Waals surface area contributed by atoms with Crippen molar-refractivity contribution in [2.75, 3.05) is 0 Å². The Morgan fingerprint density at radius 2 is 2.33 bits per heavy atom. The molecule has 2 rings (SSSR count). The maximum Gasteiger partial charge on any atom is 0.306 e. The third-order valence-corrected chi connectivity index (χ3v) is 2.94. The summed E-state index contributed by atoms with van der Waals surface area (Å²) in [6.07, 6.45) is 5.28. The Kier molecular flexibility index (Phi) is 3.41. The number of hydrogen-bond donors (Lipinski definition) is 0. The normalized spacial score (nSPS) is 20.9. The molecule has 1 heterocycles. The monoisotopic (exact) mass is 314 g/mol. The van der Waals surface area contributed by atoms with Crippen LogP contribution in [-0.2, 0) is 9.53 Å². The van der Waals surface area contributed by atoms with Crippen LogP contribution < -0.4 is 0 Å². The van der Waals surface area contributed by atoms with Gasteiger partial charge in [0.25, 0.3) is 0 Å². The molecular weight excluding hydrogens is 303 g/mol. The Balaban J connectivity index is 2.02. The molecule has 1 aliphatic heterocycles. The highest BCUT2D eigenvalue weighted by Crippen LogP contribution is 2.16. The van der Waals surface area contributed by atoms with Gasteiger partial charge < -0.3 is 4.74 Å². The van der Waals surface area contributed by atoms with Crippen molar-refractivity contribution in [1.82, 2.24) is 0 Å². The van der Waals surface area contributed by atoms with Gasteiger partial charge in [-0.3, -0.25) is 4.79 Å². The lowest BCUT2D eigenvalue weighted by Crippen LogP contribution is -2.01. The molecule has 15 heavy (non-hydrogen) atoms. The molecule has 1 aliphatic rings. The van der Waals surface area contributed by atoms with E-state index in [9.17, 15) is 4.79 Å². The Hall–Kier alpha value is -0.840. The van der Waals surface area contributed by atoms with Gasteiger partial charge in [0.2, 0.25) is 0 Å². The van der Waals surface area contributed by atoms with Crippen LogP contribution in [0.15, 0.2) is 30.3 Å². The molecule has 0 unspecified atom stereocenters. The maximum atomic E-state index is 10.9. The summed E-state index contributed by atoms with van der Waals surface area (Å²) in [7, 11) is 0. The number of hydrogen-bond acceptors (Lipinski definition) is 2. The first-order valence-corrected chi connectivity index (χ1v) is 5.95.